The van der Waals surface area contributed by atoms with E-state index in [2.05, 4.69) is 0 Å². The Labute approximate surface area is 121 Å². The number of hydrogen-bond acceptors (Lipinski definition) is 2. The summed E-state index contributed by atoms with van der Waals surface area (Å²) in [5.41, 5.74) is 6.56. The molecule has 0 aromatic heterocycles. The monoisotopic (exact) mass is 295 g/mol. The van der Waals surface area contributed by atoms with E-state index in [1.54, 1.807) is 13.0 Å². The van der Waals surface area contributed by atoms with Crippen LogP contribution in [0.15, 0.2) is 36.4 Å². The molecule has 2 aromatic carbocycles. The lowest BCUT2D eigenvalue weighted by atomic mass is 9.88. The highest BCUT2D eigenvalue weighted by molar-refractivity contribution is 5.30. The Balaban J connectivity index is 2.40. The van der Waals surface area contributed by atoms with Crippen LogP contribution in [0, 0.1) is 24.4 Å². The van der Waals surface area contributed by atoms with Crippen molar-refractivity contribution in [1.82, 2.24) is 0 Å². The molecule has 0 aliphatic carbocycles. The lowest BCUT2D eigenvalue weighted by Crippen LogP contribution is -2.21. The van der Waals surface area contributed by atoms with Gasteiger partial charge in [-0.1, -0.05) is 12.1 Å². The van der Waals surface area contributed by atoms with E-state index in [9.17, 15) is 18.3 Å². The maximum Gasteiger partial charge on any atom is 0.129 e. The van der Waals surface area contributed by atoms with E-state index in [0.29, 0.717) is 5.56 Å². The van der Waals surface area contributed by atoms with Crippen molar-refractivity contribution in [2.75, 3.05) is 6.54 Å². The Bertz CT molecular complexity index is 625. The predicted molar refractivity (Wildman–Crippen MR) is 74.3 cm³/mol. The van der Waals surface area contributed by atoms with Crippen LogP contribution in [0.5, 0.6) is 0 Å². The van der Waals surface area contributed by atoms with Gasteiger partial charge in [-0.2, -0.15) is 0 Å². The molecule has 2 aromatic rings. The van der Waals surface area contributed by atoms with E-state index in [0.717, 1.165) is 18.2 Å². The van der Waals surface area contributed by atoms with Crippen LogP contribution in [-0.2, 0) is 0 Å². The fourth-order valence-corrected chi connectivity index (χ4v) is 2.33. The molecule has 2 atom stereocenters. The first-order valence-electron chi connectivity index (χ1n) is 6.52. The summed E-state index contributed by atoms with van der Waals surface area (Å²) in [5, 5.41) is 10.3. The number of benzene rings is 2. The molecule has 3 N–H and O–H groups in total. The number of rotatable bonds is 4. The van der Waals surface area contributed by atoms with Crippen molar-refractivity contribution < 1.29 is 18.3 Å². The highest BCUT2D eigenvalue weighted by Crippen LogP contribution is 2.32. The Morgan fingerprint density at radius 2 is 1.67 bits per heavy atom. The molecule has 5 heteroatoms. The van der Waals surface area contributed by atoms with Gasteiger partial charge >= 0.3 is 0 Å². The number of aliphatic hydroxyl groups is 1. The zero-order valence-electron chi connectivity index (χ0n) is 11.5. The summed E-state index contributed by atoms with van der Waals surface area (Å²) >= 11 is 0. The summed E-state index contributed by atoms with van der Waals surface area (Å²) in [4.78, 5) is 0. The van der Waals surface area contributed by atoms with Crippen molar-refractivity contribution in [2.45, 2.75) is 18.9 Å². The van der Waals surface area contributed by atoms with Gasteiger partial charge in [-0.25, -0.2) is 13.2 Å². The van der Waals surface area contributed by atoms with Crippen LogP contribution >= 0.6 is 0 Å². The zero-order chi connectivity index (χ0) is 15.6. The van der Waals surface area contributed by atoms with E-state index in [-0.39, 0.29) is 17.7 Å². The van der Waals surface area contributed by atoms with Gasteiger partial charge in [0.1, 0.15) is 17.5 Å². The number of hydrogen-bond donors (Lipinski definition) is 2. The first kappa shape index (κ1) is 15.5. The molecule has 0 saturated heterocycles. The van der Waals surface area contributed by atoms with E-state index >= 15 is 0 Å². The SMILES string of the molecule is Cc1ccc(C(O)C(CN)c2cc(F)cc(F)c2)c(F)c1. The normalized spacial score (nSPS) is 14.0. The number of aliphatic hydroxyl groups excluding tert-OH is 1. The summed E-state index contributed by atoms with van der Waals surface area (Å²) in [6, 6.07) is 7.31. The average Bonchev–Trinajstić information content (AvgIpc) is 2.38. The molecule has 0 heterocycles. The highest BCUT2D eigenvalue weighted by atomic mass is 19.1. The average molecular weight is 295 g/mol. The van der Waals surface area contributed by atoms with Gasteiger partial charge in [0.2, 0.25) is 0 Å². The van der Waals surface area contributed by atoms with Crippen molar-refractivity contribution in [2.24, 2.45) is 5.73 Å². The molecular formula is C16H16F3NO. The minimum absolute atomic E-state index is 0.0562. The lowest BCUT2D eigenvalue weighted by molar-refractivity contribution is 0.143. The van der Waals surface area contributed by atoms with Crippen molar-refractivity contribution in [3.8, 4) is 0 Å². The first-order valence-corrected chi connectivity index (χ1v) is 6.52. The number of halogens is 3. The Kier molecular flexibility index (Phi) is 4.65. The molecule has 112 valence electrons. The standard InChI is InChI=1S/C16H16F3NO/c1-9-2-3-13(15(19)4-9)16(21)14(8-20)10-5-11(17)7-12(18)6-10/h2-7,14,16,21H,8,20H2,1H3. The van der Waals surface area contributed by atoms with Crippen molar-refractivity contribution >= 4 is 0 Å². The van der Waals surface area contributed by atoms with Crippen LogP contribution in [0.25, 0.3) is 0 Å². The van der Waals surface area contributed by atoms with Gasteiger partial charge in [-0.15, -0.1) is 0 Å². The Morgan fingerprint density at radius 1 is 1.05 bits per heavy atom. The molecule has 0 amide bonds. The topological polar surface area (TPSA) is 46.2 Å². The van der Waals surface area contributed by atoms with Crippen molar-refractivity contribution in [1.29, 1.82) is 0 Å². The van der Waals surface area contributed by atoms with E-state index in [4.69, 9.17) is 5.73 Å². The Morgan fingerprint density at radius 3 is 2.19 bits per heavy atom. The van der Waals surface area contributed by atoms with Crippen molar-refractivity contribution in [3.05, 3.63) is 70.5 Å². The minimum Gasteiger partial charge on any atom is -0.388 e. The molecule has 0 aliphatic rings. The molecule has 2 nitrogen and oxygen atoms in total. The van der Waals surface area contributed by atoms with Gasteiger partial charge < -0.3 is 10.8 Å². The molecule has 0 spiro atoms. The van der Waals surface area contributed by atoms with E-state index in [1.165, 1.54) is 12.1 Å². The van der Waals surface area contributed by atoms with Crippen LogP contribution in [0.4, 0.5) is 13.2 Å². The summed E-state index contributed by atoms with van der Waals surface area (Å²) in [5.74, 6) is -2.90. The second kappa shape index (κ2) is 6.28. The Hall–Kier alpha value is -1.85. The maximum atomic E-state index is 13.9. The molecular weight excluding hydrogens is 279 g/mol. The molecule has 0 radical (unpaired) electrons. The molecule has 0 fully saturated rings. The van der Waals surface area contributed by atoms with E-state index < -0.39 is 29.5 Å². The van der Waals surface area contributed by atoms with Gasteiger partial charge in [0.25, 0.3) is 0 Å². The van der Waals surface area contributed by atoms with Gasteiger partial charge in [0.05, 0.1) is 6.10 Å². The highest BCUT2D eigenvalue weighted by Gasteiger charge is 2.25. The third kappa shape index (κ3) is 3.43. The van der Waals surface area contributed by atoms with Gasteiger partial charge in [0, 0.05) is 24.1 Å². The third-order valence-electron chi connectivity index (χ3n) is 3.42. The fourth-order valence-electron chi connectivity index (χ4n) is 2.33. The van der Waals surface area contributed by atoms with E-state index in [1.807, 2.05) is 0 Å². The summed E-state index contributed by atoms with van der Waals surface area (Å²) < 4.78 is 40.5. The molecule has 0 aliphatic heterocycles. The third-order valence-corrected chi connectivity index (χ3v) is 3.42. The van der Waals surface area contributed by atoms with Gasteiger partial charge in [-0.05, 0) is 36.2 Å². The maximum absolute atomic E-state index is 13.9. The van der Waals surface area contributed by atoms with Gasteiger partial charge in [-0.3, -0.25) is 0 Å². The quantitative estimate of drug-likeness (QED) is 0.910. The minimum atomic E-state index is -1.28. The number of aryl methyl sites for hydroxylation is 1. The second-order valence-electron chi connectivity index (χ2n) is 5.01. The molecule has 2 rings (SSSR count). The summed E-state index contributed by atoms with van der Waals surface area (Å²) in [6.45, 7) is 1.65. The molecule has 21 heavy (non-hydrogen) atoms. The van der Waals surface area contributed by atoms with Crippen LogP contribution < -0.4 is 5.73 Å². The second-order valence-corrected chi connectivity index (χ2v) is 5.01. The lowest BCUT2D eigenvalue weighted by Gasteiger charge is -2.23. The largest absolute Gasteiger partial charge is 0.388 e. The van der Waals surface area contributed by atoms with Crippen LogP contribution in [0.3, 0.4) is 0 Å². The smallest absolute Gasteiger partial charge is 0.129 e. The first-order chi connectivity index (χ1) is 9.92. The molecule has 0 bridgehead atoms. The number of nitrogens with two attached hydrogens (primary N) is 1. The predicted octanol–water partition coefficient (Wildman–Crippen LogP) is 3.19. The summed E-state index contributed by atoms with van der Waals surface area (Å²) in [6.07, 6.45) is -1.28. The summed E-state index contributed by atoms with van der Waals surface area (Å²) in [7, 11) is 0. The zero-order valence-corrected chi connectivity index (χ0v) is 11.5. The van der Waals surface area contributed by atoms with Crippen LogP contribution in [0.2, 0.25) is 0 Å². The van der Waals surface area contributed by atoms with Crippen molar-refractivity contribution in [3.63, 3.8) is 0 Å². The van der Waals surface area contributed by atoms with Gasteiger partial charge in [0.15, 0.2) is 0 Å². The van der Waals surface area contributed by atoms with Crippen LogP contribution in [-0.4, -0.2) is 11.7 Å². The fraction of sp³-hybridized carbons (Fsp3) is 0.250. The molecule has 0 saturated carbocycles. The molecule has 2 unspecified atom stereocenters. The van der Waals surface area contributed by atoms with Crippen LogP contribution in [0.1, 0.15) is 28.7 Å².